The van der Waals surface area contributed by atoms with Gasteiger partial charge in [-0.25, -0.2) is 9.59 Å². The lowest BCUT2D eigenvalue weighted by atomic mass is 10.0. The monoisotopic (exact) mass is 339 g/mol. The highest BCUT2D eigenvalue weighted by molar-refractivity contribution is 6.05. The van der Waals surface area contributed by atoms with E-state index in [9.17, 15) is 14.7 Å². The molecule has 0 heterocycles. The van der Waals surface area contributed by atoms with Gasteiger partial charge in [0.25, 0.3) is 0 Å². The summed E-state index contributed by atoms with van der Waals surface area (Å²) in [4.78, 5) is 22.8. The number of carbonyl (C=O) groups is 2. The lowest BCUT2D eigenvalue weighted by Gasteiger charge is -2.19. The molecule has 2 rings (SSSR count). The number of nitrogens with one attached hydrogen (secondary N) is 1. The zero-order chi connectivity index (χ0) is 18.4. The Bertz CT molecular complexity index is 853. The number of carboxylic acid groups (broad SMARTS) is 1. The number of aromatic carboxylic acids is 1. The molecule has 0 fully saturated rings. The largest absolute Gasteiger partial charge is 0.478 e. The molecular weight excluding hydrogens is 318 g/mol. The van der Waals surface area contributed by atoms with Gasteiger partial charge < -0.3 is 15.2 Å². The molecule has 0 aromatic heterocycles. The Morgan fingerprint density at radius 2 is 1.80 bits per heavy atom. The van der Waals surface area contributed by atoms with Gasteiger partial charge in [0.15, 0.2) is 0 Å². The number of hydrogen-bond donors (Lipinski definition) is 2. The second-order valence-corrected chi connectivity index (χ2v) is 6.49. The summed E-state index contributed by atoms with van der Waals surface area (Å²) < 4.78 is 5.14. The predicted molar refractivity (Wildman–Crippen MR) is 96.6 cm³/mol. The van der Waals surface area contributed by atoms with Crippen molar-refractivity contribution in [1.29, 1.82) is 0 Å². The van der Waals surface area contributed by atoms with E-state index in [0.717, 1.165) is 10.9 Å². The Hall–Kier alpha value is -3.00. The Labute approximate surface area is 147 Å². The van der Waals surface area contributed by atoms with E-state index in [1.54, 1.807) is 45.0 Å². The number of benzene rings is 2. The first-order valence-corrected chi connectivity index (χ1v) is 7.99. The van der Waals surface area contributed by atoms with Gasteiger partial charge in [-0.3, -0.25) is 0 Å². The zero-order valence-electron chi connectivity index (χ0n) is 14.6. The van der Waals surface area contributed by atoms with Crippen molar-refractivity contribution in [3.63, 3.8) is 0 Å². The molecule has 0 saturated carbocycles. The highest BCUT2D eigenvalue weighted by Crippen LogP contribution is 2.22. The number of hydrogen-bond acceptors (Lipinski definition) is 3. The number of carboxylic acids is 1. The predicted octanol–water partition coefficient (Wildman–Crippen LogP) is 3.80. The molecule has 5 nitrogen and oxygen atoms in total. The first-order chi connectivity index (χ1) is 11.8. The highest BCUT2D eigenvalue weighted by atomic mass is 16.6. The van der Waals surface area contributed by atoms with Crippen molar-refractivity contribution in [2.45, 2.75) is 32.8 Å². The maximum absolute atomic E-state index is 11.5. The molecule has 0 aliphatic rings. The summed E-state index contributed by atoms with van der Waals surface area (Å²) in [6, 6.07) is 10.5. The maximum atomic E-state index is 11.5. The molecule has 0 aliphatic carbocycles. The molecule has 0 saturated heterocycles. The molecular formula is C20H21NO4. The van der Waals surface area contributed by atoms with Crippen molar-refractivity contribution in [3.05, 3.63) is 47.5 Å². The van der Waals surface area contributed by atoms with Crippen LogP contribution in [0.25, 0.3) is 10.8 Å². The third-order valence-electron chi connectivity index (χ3n) is 3.29. The number of ether oxygens (including phenoxy) is 1. The van der Waals surface area contributed by atoms with Crippen molar-refractivity contribution in [1.82, 2.24) is 5.32 Å². The topological polar surface area (TPSA) is 75.6 Å². The van der Waals surface area contributed by atoms with Gasteiger partial charge in [-0.1, -0.05) is 36.1 Å². The van der Waals surface area contributed by atoms with Crippen LogP contribution >= 0.6 is 0 Å². The van der Waals surface area contributed by atoms with E-state index < -0.39 is 17.7 Å². The fraction of sp³-hybridized carbons (Fsp3) is 0.300. The summed E-state index contributed by atoms with van der Waals surface area (Å²) in [7, 11) is 0. The lowest BCUT2D eigenvalue weighted by Crippen LogP contribution is -2.32. The Balaban J connectivity index is 2.05. The smallest absolute Gasteiger partial charge is 0.407 e. The summed E-state index contributed by atoms with van der Waals surface area (Å²) in [5.74, 6) is 5.07. The lowest BCUT2D eigenvalue weighted by molar-refractivity contribution is 0.0528. The number of fused-ring (bicyclic) bond motifs is 1. The average molecular weight is 339 g/mol. The number of alkyl carbamates (subject to hydrolysis) is 1. The van der Waals surface area contributed by atoms with Gasteiger partial charge in [0.2, 0.25) is 0 Å². The standard InChI is InChI=1S/C20H21NO4/c1-20(2,3)25-19(24)21-13-5-4-8-14-9-6-11-16-15(14)10-7-12-17(16)18(22)23/h6-7,9-12H,5,13H2,1-3H3,(H,21,24)(H,22,23). The van der Waals surface area contributed by atoms with Crippen LogP contribution in [0.1, 0.15) is 43.1 Å². The highest BCUT2D eigenvalue weighted by Gasteiger charge is 2.15. The van der Waals surface area contributed by atoms with Crippen molar-refractivity contribution in [2.75, 3.05) is 6.54 Å². The summed E-state index contributed by atoms with van der Waals surface area (Å²) in [5.41, 5.74) is 0.492. The minimum atomic E-state index is -0.961. The van der Waals surface area contributed by atoms with E-state index >= 15 is 0 Å². The quantitative estimate of drug-likeness (QED) is 0.659. The molecule has 0 aliphatic heterocycles. The number of rotatable bonds is 3. The van der Waals surface area contributed by atoms with E-state index in [2.05, 4.69) is 17.2 Å². The minimum absolute atomic E-state index is 0.257. The summed E-state index contributed by atoms with van der Waals surface area (Å²) in [5, 5.41) is 13.4. The fourth-order valence-electron chi connectivity index (χ4n) is 2.30. The molecule has 0 bridgehead atoms. The molecule has 5 heteroatoms. The van der Waals surface area contributed by atoms with Crippen LogP contribution in [0.4, 0.5) is 4.79 Å². The normalized spacial score (nSPS) is 10.7. The molecule has 2 N–H and O–H groups in total. The molecule has 0 atom stereocenters. The molecule has 25 heavy (non-hydrogen) atoms. The van der Waals surface area contributed by atoms with E-state index in [-0.39, 0.29) is 5.56 Å². The van der Waals surface area contributed by atoms with Gasteiger partial charge in [-0.05, 0) is 43.7 Å². The second kappa shape index (κ2) is 7.71. The molecule has 2 aromatic rings. The molecule has 0 radical (unpaired) electrons. The molecule has 0 unspecified atom stereocenters. The molecule has 2 aromatic carbocycles. The Morgan fingerprint density at radius 1 is 1.12 bits per heavy atom. The van der Waals surface area contributed by atoms with E-state index in [1.165, 1.54) is 0 Å². The number of amides is 1. The van der Waals surface area contributed by atoms with Crippen LogP contribution in [-0.4, -0.2) is 29.3 Å². The second-order valence-electron chi connectivity index (χ2n) is 6.49. The number of carbonyl (C=O) groups excluding carboxylic acids is 1. The van der Waals surface area contributed by atoms with Crippen LogP contribution in [0.15, 0.2) is 36.4 Å². The average Bonchev–Trinajstić information content (AvgIpc) is 2.52. The molecule has 0 spiro atoms. The zero-order valence-corrected chi connectivity index (χ0v) is 14.6. The van der Waals surface area contributed by atoms with Gasteiger partial charge >= 0.3 is 12.1 Å². The van der Waals surface area contributed by atoms with E-state index in [4.69, 9.17) is 4.74 Å². The summed E-state index contributed by atoms with van der Waals surface area (Å²) in [6.45, 7) is 5.79. The van der Waals surface area contributed by atoms with Gasteiger partial charge in [-0.15, -0.1) is 0 Å². The third-order valence-corrected chi connectivity index (χ3v) is 3.29. The van der Waals surface area contributed by atoms with Crippen molar-refractivity contribution >= 4 is 22.8 Å². The van der Waals surface area contributed by atoms with E-state index in [1.807, 2.05) is 12.1 Å². The van der Waals surface area contributed by atoms with Gasteiger partial charge in [0.1, 0.15) is 5.60 Å². The first kappa shape index (κ1) is 18.3. The Morgan fingerprint density at radius 3 is 2.48 bits per heavy atom. The van der Waals surface area contributed by atoms with Crippen LogP contribution in [0.5, 0.6) is 0 Å². The van der Waals surface area contributed by atoms with Crippen molar-refractivity contribution < 1.29 is 19.4 Å². The van der Waals surface area contributed by atoms with E-state index in [0.29, 0.717) is 18.4 Å². The first-order valence-electron chi connectivity index (χ1n) is 7.99. The van der Waals surface area contributed by atoms with Crippen molar-refractivity contribution in [2.24, 2.45) is 0 Å². The third kappa shape index (κ3) is 5.25. The van der Waals surface area contributed by atoms with Crippen LogP contribution in [0.3, 0.4) is 0 Å². The molecule has 130 valence electrons. The minimum Gasteiger partial charge on any atom is -0.478 e. The maximum Gasteiger partial charge on any atom is 0.407 e. The summed E-state index contributed by atoms with van der Waals surface area (Å²) in [6.07, 6.45) is -0.000554. The van der Waals surface area contributed by atoms with Crippen LogP contribution in [0.2, 0.25) is 0 Å². The fourth-order valence-corrected chi connectivity index (χ4v) is 2.30. The van der Waals surface area contributed by atoms with Crippen LogP contribution in [-0.2, 0) is 4.74 Å². The van der Waals surface area contributed by atoms with Crippen LogP contribution in [0, 0.1) is 11.8 Å². The van der Waals surface area contributed by atoms with Gasteiger partial charge in [0, 0.05) is 18.5 Å². The SMILES string of the molecule is CC(C)(C)OC(=O)NCCC#Cc1cccc2c(C(=O)O)cccc12. The molecule has 1 amide bonds. The van der Waals surface area contributed by atoms with Crippen LogP contribution < -0.4 is 5.32 Å². The van der Waals surface area contributed by atoms with Gasteiger partial charge in [0.05, 0.1) is 5.56 Å². The summed E-state index contributed by atoms with van der Waals surface area (Å²) >= 11 is 0. The van der Waals surface area contributed by atoms with Gasteiger partial charge in [-0.2, -0.15) is 0 Å². The Kier molecular flexibility index (Phi) is 5.66. The van der Waals surface area contributed by atoms with Crippen molar-refractivity contribution in [3.8, 4) is 11.8 Å².